The van der Waals surface area contributed by atoms with E-state index in [1.165, 1.54) is 44.9 Å². The standard InChI is InChI=1S/C16H36OSi/c1-8-10-11-12-14-15(13-9-2)17-18(6,7)16(3,4)5/h15H,8-14H2,1-7H3. The van der Waals surface area contributed by atoms with Crippen molar-refractivity contribution >= 4 is 8.32 Å². The lowest BCUT2D eigenvalue weighted by atomic mass is 10.1. The van der Waals surface area contributed by atoms with Crippen LogP contribution in [0.5, 0.6) is 0 Å². The van der Waals surface area contributed by atoms with E-state index in [0.717, 1.165) is 0 Å². The second kappa shape index (κ2) is 8.37. The molecule has 0 aliphatic heterocycles. The molecular weight excluding hydrogens is 236 g/mol. The molecular formula is C16H36OSi. The summed E-state index contributed by atoms with van der Waals surface area (Å²) in [4.78, 5) is 0. The minimum absolute atomic E-state index is 0.336. The maximum absolute atomic E-state index is 6.56. The third-order valence-corrected chi connectivity index (χ3v) is 8.79. The van der Waals surface area contributed by atoms with Gasteiger partial charge in [-0.15, -0.1) is 0 Å². The van der Waals surface area contributed by atoms with Gasteiger partial charge in [-0.3, -0.25) is 0 Å². The predicted molar refractivity (Wildman–Crippen MR) is 85.7 cm³/mol. The molecule has 0 amide bonds. The van der Waals surface area contributed by atoms with Crippen LogP contribution in [0.3, 0.4) is 0 Å². The second-order valence-corrected chi connectivity index (χ2v) is 11.9. The van der Waals surface area contributed by atoms with E-state index >= 15 is 0 Å². The van der Waals surface area contributed by atoms with Crippen LogP contribution in [0.15, 0.2) is 0 Å². The van der Waals surface area contributed by atoms with Gasteiger partial charge in [-0.1, -0.05) is 66.7 Å². The van der Waals surface area contributed by atoms with Gasteiger partial charge in [-0.05, 0) is 31.0 Å². The number of hydrogen-bond donors (Lipinski definition) is 0. The first kappa shape index (κ1) is 18.2. The quantitative estimate of drug-likeness (QED) is 0.361. The van der Waals surface area contributed by atoms with Crippen molar-refractivity contribution in [3.05, 3.63) is 0 Å². The zero-order valence-corrected chi connectivity index (χ0v) is 14.9. The average molecular weight is 273 g/mol. The molecule has 0 saturated heterocycles. The van der Waals surface area contributed by atoms with Gasteiger partial charge >= 0.3 is 0 Å². The van der Waals surface area contributed by atoms with Gasteiger partial charge < -0.3 is 4.43 Å². The molecule has 0 saturated carbocycles. The minimum atomic E-state index is -1.57. The molecule has 0 aromatic carbocycles. The van der Waals surface area contributed by atoms with Crippen molar-refractivity contribution in [1.82, 2.24) is 0 Å². The van der Waals surface area contributed by atoms with Gasteiger partial charge in [-0.25, -0.2) is 0 Å². The maximum atomic E-state index is 6.56. The summed E-state index contributed by atoms with van der Waals surface area (Å²) in [6.45, 7) is 16.3. The van der Waals surface area contributed by atoms with Crippen molar-refractivity contribution in [2.75, 3.05) is 0 Å². The van der Waals surface area contributed by atoms with Crippen molar-refractivity contribution in [1.29, 1.82) is 0 Å². The van der Waals surface area contributed by atoms with E-state index in [1.807, 2.05) is 0 Å². The lowest BCUT2D eigenvalue weighted by Crippen LogP contribution is -2.43. The molecule has 0 rings (SSSR count). The lowest BCUT2D eigenvalue weighted by Gasteiger charge is -2.39. The lowest BCUT2D eigenvalue weighted by molar-refractivity contribution is 0.157. The molecule has 0 aliphatic carbocycles. The van der Waals surface area contributed by atoms with Crippen LogP contribution in [0.4, 0.5) is 0 Å². The summed E-state index contributed by atoms with van der Waals surface area (Å²) in [5.41, 5.74) is 0. The molecule has 0 aliphatic rings. The Morgan fingerprint density at radius 3 is 1.94 bits per heavy atom. The molecule has 0 radical (unpaired) electrons. The summed E-state index contributed by atoms with van der Waals surface area (Å²) in [6, 6.07) is 0. The topological polar surface area (TPSA) is 9.23 Å². The highest BCUT2D eigenvalue weighted by Gasteiger charge is 2.38. The molecule has 0 aromatic heterocycles. The summed E-state index contributed by atoms with van der Waals surface area (Å²) in [5.74, 6) is 0. The van der Waals surface area contributed by atoms with Crippen LogP contribution in [-0.4, -0.2) is 14.4 Å². The largest absolute Gasteiger partial charge is 0.414 e. The fraction of sp³-hybridized carbons (Fsp3) is 1.00. The zero-order valence-electron chi connectivity index (χ0n) is 13.9. The monoisotopic (exact) mass is 272 g/mol. The van der Waals surface area contributed by atoms with Crippen LogP contribution in [0.25, 0.3) is 0 Å². The first-order valence-corrected chi connectivity index (χ1v) is 10.8. The van der Waals surface area contributed by atoms with Crippen molar-refractivity contribution in [3.63, 3.8) is 0 Å². The Balaban J connectivity index is 4.25. The van der Waals surface area contributed by atoms with Gasteiger partial charge in [0.05, 0.1) is 0 Å². The molecule has 0 heterocycles. The Morgan fingerprint density at radius 1 is 0.889 bits per heavy atom. The van der Waals surface area contributed by atoms with Gasteiger partial charge in [0, 0.05) is 6.10 Å². The molecule has 0 fully saturated rings. The third-order valence-electron chi connectivity index (χ3n) is 4.26. The molecule has 0 N–H and O–H groups in total. The zero-order chi connectivity index (χ0) is 14.2. The Labute approximate surface area is 117 Å². The van der Waals surface area contributed by atoms with Gasteiger partial charge in [0.25, 0.3) is 0 Å². The fourth-order valence-corrected chi connectivity index (χ4v) is 3.40. The average Bonchev–Trinajstić information content (AvgIpc) is 2.22. The van der Waals surface area contributed by atoms with Crippen LogP contribution in [-0.2, 0) is 4.43 Å². The van der Waals surface area contributed by atoms with Crippen LogP contribution in [0.2, 0.25) is 18.1 Å². The molecule has 1 nitrogen and oxygen atoms in total. The highest BCUT2D eigenvalue weighted by molar-refractivity contribution is 6.74. The molecule has 110 valence electrons. The van der Waals surface area contributed by atoms with E-state index in [1.54, 1.807) is 0 Å². The van der Waals surface area contributed by atoms with E-state index in [9.17, 15) is 0 Å². The molecule has 1 unspecified atom stereocenters. The van der Waals surface area contributed by atoms with Crippen LogP contribution >= 0.6 is 0 Å². The first-order chi connectivity index (χ1) is 8.24. The van der Waals surface area contributed by atoms with Crippen molar-refractivity contribution < 1.29 is 4.43 Å². The Kier molecular flexibility index (Phi) is 8.45. The third kappa shape index (κ3) is 6.94. The SMILES string of the molecule is CCCCCCC(CCC)O[Si](C)(C)C(C)(C)C. The summed E-state index contributed by atoms with van der Waals surface area (Å²) in [7, 11) is -1.57. The second-order valence-electron chi connectivity index (χ2n) is 7.14. The fourth-order valence-electron chi connectivity index (χ4n) is 1.98. The highest BCUT2D eigenvalue weighted by atomic mass is 28.4. The van der Waals surface area contributed by atoms with E-state index in [4.69, 9.17) is 4.43 Å². The Hall–Kier alpha value is 0.177. The summed E-state index contributed by atoms with van der Waals surface area (Å²) in [5, 5.41) is 0.336. The Morgan fingerprint density at radius 2 is 1.50 bits per heavy atom. The molecule has 1 atom stereocenters. The van der Waals surface area contributed by atoms with Crippen LogP contribution in [0.1, 0.15) is 79.6 Å². The summed E-state index contributed by atoms with van der Waals surface area (Å²) in [6.07, 6.45) is 9.66. The van der Waals surface area contributed by atoms with Gasteiger partial charge in [0.2, 0.25) is 0 Å². The van der Waals surface area contributed by atoms with Crippen molar-refractivity contribution in [2.45, 2.75) is 104 Å². The van der Waals surface area contributed by atoms with Gasteiger partial charge in [0.15, 0.2) is 8.32 Å². The number of rotatable bonds is 9. The molecule has 2 heteroatoms. The predicted octanol–water partition coefficient (Wildman–Crippen LogP) is 6.15. The molecule has 0 aromatic rings. The molecule has 0 spiro atoms. The highest BCUT2D eigenvalue weighted by Crippen LogP contribution is 2.38. The molecule has 0 bridgehead atoms. The van der Waals surface area contributed by atoms with Crippen molar-refractivity contribution in [2.24, 2.45) is 0 Å². The van der Waals surface area contributed by atoms with Gasteiger partial charge in [-0.2, -0.15) is 0 Å². The number of unbranched alkanes of at least 4 members (excludes halogenated alkanes) is 3. The van der Waals surface area contributed by atoms with Crippen LogP contribution < -0.4 is 0 Å². The van der Waals surface area contributed by atoms with Crippen LogP contribution in [0, 0.1) is 0 Å². The summed E-state index contributed by atoms with van der Waals surface area (Å²) < 4.78 is 6.56. The normalized spacial score (nSPS) is 14.8. The maximum Gasteiger partial charge on any atom is 0.192 e. The first-order valence-electron chi connectivity index (χ1n) is 7.92. The smallest absolute Gasteiger partial charge is 0.192 e. The number of hydrogen-bond acceptors (Lipinski definition) is 1. The van der Waals surface area contributed by atoms with E-state index in [0.29, 0.717) is 11.1 Å². The summed E-state index contributed by atoms with van der Waals surface area (Å²) >= 11 is 0. The minimum Gasteiger partial charge on any atom is -0.414 e. The van der Waals surface area contributed by atoms with E-state index < -0.39 is 8.32 Å². The molecule has 18 heavy (non-hydrogen) atoms. The Bertz CT molecular complexity index is 206. The van der Waals surface area contributed by atoms with Gasteiger partial charge in [0.1, 0.15) is 0 Å². The van der Waals surface area contributed by atoms with Crippen molar-refractivity contribution in [3.8, 4) is 0 Å². The van der Waals surface area contributed by atoms with E-state index in [2.05, 4.69) is 47.7 Å². The van der Waals surface area contributed by atoms with E-state index in [-0.39, 0.29) is 0 Å².